The van der Waals surface area contributed by atoms with E-state index in [4.69, 9.17) is 32.7 Å². The molecule has 8 heteroatoms. The van der Waals surface area contributed by atoms with E-state index in [2.05, 4.69) is 33.0 Å². The molecule has 0 aliphatic rings. The van der Waals surface area contributed by atoms with E-state index in [9.17, 15) is 4.79 Å². The van der Waals surface area contributed by atoms with Crippen LogP contribution in [0.15, 0.2) is 82.9 Å². The highest BCUT2D eigenvalue weighted by molar-refractivity contribution is 9.10. The van der Waals surface area contributed by atoms with Crippen LogP contribution < -0.4 is 14.9 Å². The fraction of sp³-hybridized carbons (Fsp3) is 0.0833. The Bertz CT molecular complexity index is 1130. The van der Waals surface area contributed by atoms with Crippen LogP contribution in [0.4, 0.5) is 0 Å². The molecule has 0 heterocycles. The smallest absolute Gasteiger partial charge is 0.271 e. The Labute approximate surface area is 204 Å². The number of hydrazone groups is 1. The molecule has 0 fully saturated rings. The van der Waals surface area contributed by atoms with Crippen LogP contribution in [0, 0.1) is 0 Å². The molecule has 5 nitrogen and oxygen atoms in total. The number of carbonyl (C=O) groups is 1. The quantitative estimate of drug-likeness (QED) is 0.190. The van der Waals surface area contributed by atoms with Crippen molar-refractivity contribution in [2.75, 3.05) is 6.61 Å². The predicted octanol–water partition coefficient (Wildman–Crippen LogP) is 6.66. The molecule has 0 aromatic heterocycles. The van der Waals surface area contributed by atoms with Crippen LogP contribution in [0.1, 0.15) is 21.5 Å². The minimum atomic E-state index is -0.350. The molecule has 0 aliphatic carbocycles. The highest BCUT2D eigenvalue weighted by atomic mass is 79.9. The second kappa shape index (κ2) is 11.7. The summed E-state index contributed by atoms with van der Waals surface area (Å²) in [6.45, 7) is 4.29. The first kappa shape index (κ1) is 23.9. The third-order valence-corrected chi connectivity index (χ3v) is 5.30. The van der Waals surface area contributed by atoms with Crippen LogP contribution >= 0.6 is 39.1 Å². The minimum absolute atomic E-state index is 0.286. The summed E-state index contributed by atoms with van der Waals surface area (Å²) >= 11 is 15.5. The van der Waals surface area contributed by atoms with Crippen LogP contribution in [0.2, 0.25) is 10.0 Å². The van der Waals surface area contributed by atoms with Crippen LogP contribution in [0.3, 0.4) is 0 Å². The Morgan fingerprint density at radius 1 is 1.06 bits per heavy atom. The standard InChI is InChI=1S/C24H19BrCl2N2O3/c1-2-11-31-23-10-6-19(25)12-18(23)14-28-29-24(30)16-4-8-21(9-5-16)32-15-17-3-7-20(26)13-22(17)27/h2-10,12-14H,1,11,15H2,(H,29,30)/b28-14-. The molecule has 3 aromatic carbocycles. The van der Waals surface area contributed by atoms with E-state index in [-0.39, 0.29) is 12.5 Å². The van der Waals surface area contributed by atoms with Gasteiger partial charge in [0.05, 0.1) is 6.21 Å². The molecule has 0 unspecified atom stereocenters. The molecule has 0 saturated heterocycles. The van der Waals surface area contributed by atoms with Crippen molar-refractivity contribution in [2.24, 2.45) is 5.10 Å². The third-order valence-electron chi connectivity index (χ3n) is 4.22. The van der Waals surface area contributed by atoms with Gasteiger partial charge in [-0.25, -0.2) is 5.43 Å². The SMILES string of the molecule is C=CCOc1ccc(Br)cc1/C=N\NC(=O)c1ccc(OCc2ccc(Cl)cc2Cl)cc1. The summed E-state index contributed by atoms with van der Waals surface area (Å²) < 4.78 is 12.2. The van der Waals surface area contributed by atoms with Gasteiger partial charge >= 0.3 is 0 Å². The number of nitrogens with one attached hydrogen (secondary N) is 1. The molecule has 0 bridgehead atoms. The number of hydrogen-bond donors (Lipinski definition) is 1. The Morgan fingerprint density at radius 3 is 2.56 bits per heavy atom. The molecular weight excluding hydrogens is 515 g/mol. The zero-order valence-corrected chi connectivity index (χ0v) is 20.0. The number of hydrogen-bond acceptors (Lipinski definition) is 4. The lowest BCUT2D eigenvalue weighted by Crippen LogP contribution is -2.17. The summed E-state index contributed by atoms with van der Waals surface area (Å²) in [5.74, 6) is 0.889. The van der Waals surface area contributed by atoms with Crippen molar-refractivity contribution in [2.45, 2.75) is 6.61 Å². The van der Waals surface area contributed by atoms with Crippen molar-refractivity contribution in [1.29, 1.82) is 0 Å². The molecule has 0 radical (unpaired) electrons. The maximum absolute atomic E-state index is 12.4. The second-order valence-corrected chi connectivity index (χ2v) is 8.29. The monoisotopic (exact) mass is 532 g/mol. The Kier molecular flexibility index (Phi) is 8.73. The highest BCUT2D eigenvalue weighted by Crippen LogP contribution is 2.23. The molecule has 32 heavy (non-hydrogen) atoms. The van der Waals surface area contributed by atoms with Crippen LogP contribution in [-0.2, 0) is 6.61 Å². The van der Waals surface area contributed by atoms with E-state index in [1.54, 1.807) is 42.5 Å². The number of amides is 1. The number of nitrogens with zero attached hydrogens (tertiary/aromatic N) is 1. The number of rotatable bonds is 9. The summed E-state index contributed by atoms with van der Waals surface area (Å²) in [7, 11) is 0. The normalized spacial score (nSPS) is 10.7. The van der Waals surface area contributed by atoms with Gasteiger partial charge in [0.1, 0.15) is 24.7 Å². The molecule has 164 valence electrons. The fourth-order valence-corrected chi connectivity index (χ4v) is 3.47. The number of benzene rings is 3. The summed E-state index contributed by atoms with van der Waals surface area (Å²) in [5, 5.41) is 5.14. The van der Waals surface area contributed by atoms with Crippen LogP contribution in [0.25, 0.3) is 0 Å². The van der Waals surface area contributed by atoms with Gasteiger partial charge in [-0.2, -0.15) is 5.10 Å². The van der Waals surface area contributed by atoms with E-state index >= 15 is 0 Å². The lowest BCUT2D eigenvalue weighted by Gasteiger charge is -2.09. The minimum Gasteiger partial charge on any atom is -0.489 e. The lowest BCUT2D eigenvalue weighted by molar-refractivity contribution is 0.0955. The lowest BCUT2D eigenvalue weighted by atomic mass is 10.2. The van der Waals surface area contributed by atoms with Gasteiger partial charge in [0.25, 0.3) is 5.91 Å². The molecule has 3 rings (SSSR count). The first-order valence-corrected chi connectivity index (χ1v) is 11.0. The van der Waals surface area contributed by atoms with Gasteiger partial charge in [-0.1, -0.05) is 57.9 Å². The maximum atomic E-state index is 12.4. The number of carbonyl (C=O) groups excluding carboxylic acids is 1. The van der Waals surface area contributed by atoms with Crippen molar-refractivity contribution in [3.63, 3.8) is 0 Å². The third kappa shape index (κ3) is 6.85. The van der Waals surface area contributed by atoms with Crippen molar-refractivity contribution in [3.05, 3.63) is 105 Å². The van der Waals surface area contributed by atoms with Crippen molar-refractivity contribution < 1.29 is 14.3 Å². The van der Waals surface area contributed by atoms with E-state index < -0.39 is 0 Å². The van der Waals surface area contributed by atoms with Gasteiger partial charge in [-0.3, -0.25) is 4.79 Å². The number of halogens is 3. The second-order valence-electron chi connectivity index (χ2n) is 6.53. The average molecular weight is 534 g/mol. The molecule has 0 aliphatic heterocycles. The molecule has 3 aromatic rings. The zero-order chi connectivity index (χ0) is 22.9. The fourth-order valence-electron chi connectivity index (χ4n) is 2.63. The van der Waals surface area contributed by atoms with Gasteiger partial charge in [0, 0.05) is 31.2 Å². The van der Waals surface area contributed by atoms with Gasteiger partial charge in [0.15, 0.2) is 0 Å². The van der Waals surface area contributed by atoms with Gasteiger partial charge in [-0.05, 0) is 54.6 Å². The molecule has 1 amide bonds. The molecular formula is C24H19BrCl2N2O3. The van der Waals surface area contributed by atoms with Crippen molar-refractivity contribution >= 4 is 51.3 Å². The summed E-state index contributed by atoms with van der Waals surface area (Å²) in [4.78, 5) is 12.4. The van der Waals surface area contributed by atoms with Gasteiger partial charge in [0.2, 0.25) is 0 Å². The number of ether oxygens (including phenoxy) is 2. The molecule has 1 N–H and O–H groups in total. The van der Waals surface area contributed by atoms with Crippen LogP contribution in [-0.4, -0.2) is 18.7 Å². The first-order valence-electron chi connectivity index (χ1n) is 9.49. The predicted molar refractivity (Wildman–Crippen MR) is 132 cm³/mol. The molecule has 0 atom stereocenters. The maximum Gasteiger partial charge on any atom is 0.271 e. The topological polar surface area (TPSA) is 59.9 Å². The van der Waals surface area contributed by atoms with E-state index in [0.717, 1.165) is 10.0 Å². The zero-order valence-electron chi connectivity index (χ0n) is 16.9. The Balaban J connectivity index is 1.58. The largest absolute Gasteiger partial charge is 0.489 e. The first-order chi connectivity index (χ1) is 15.5. The molecule has 0 saturated carbocycles. The summed E-state index contributed by atoms with van der Waals surface area (Å²) in [6.07, 6.45) is 3.18. The van der Waals surface area contributed by atoms with E-state index in [0.29, 0.717) is 39.3 Å². The average Bonchev–Trinajstić information content (AvgIpc) is 2.78. The van der Waals surface area contributed by atoms with Gasteiger partial charge < -0.3 is 9.47 Å². The van der Waals surface area contributed by atoms with Crippen molar-refractivity contribution in [1.82, 2.24) is 5.43 Å². The Hall–Kier alpha value is -2.80. The summed E-state index contributed by atoms with van der Waals surface area (Å²) in [5.41, 5.74) is 4.48. The Morgan fingerprint density at radius 2 is 1.84 bits per heavy atom. The van der Waals surface area contributed by atoms with Crippen LogP contribution in [0.5, 0.6) is 11.5 Å². The molecule has 0 spiro atoms. The van der Waals surface area contributed by atoms with Gasteiger partial charge in [-0.15, -0.1) is 0 Å². The highest BCUT2D eigenvalue weighted by Gasteiger charge is 2.07. The van der Waals surface area contributed by atoms with Crippen molar-refractivity contribution in [3.8, 4) is 11.5 Å². The summed E-state index contributed by atoms with van der Waals surface area (Å²) in [6, 6.07) is 17.5. The van der Waals surface area contributed by atoms with E-state index in [1.165, 1.54) is 6.21 Å². The van der Waals surface area contributed by atoms with E-state index in [1.807, 2.05) is 24.3 Å².